The molecule has 0 heterocycles. The van der Waals surface area contributed by atoms with Crippen molar-refractivity contribution in [2.24, 2.45) is 0 Å². The standard InChI is InChI=1S/C12H14ClNO3S/c13-18(16,17)11-6-1-9(2-7-11)3-8-12(15)14-10-4-5-10/h1-2,6-7,10H,3-5,8H2,(H,14,15). The Bertz CT molecular complexity index is 535. The zero-order valence-corrected chi connectivity index (χ0v) is 11.3. The maximum absolute atomic E-state index is 11.5. The maximum Gasteiger partial charge on any atom is 0.261 e. The third-order valence-electron chi connectivity index (χ3n) is 2.79. The molecule has 0 spiro atoms. The first-order valence-electron chi connectivity index (χ1n) is 5.78. The first-order chi connectivity index (χ1) is 8.45. The number of nitrogens with one attached hydrogen (secondary N) is 1. The molecule has 1 saturated carbocycles. The Hall–Kier alpha value is -1.07. The van der Waals surface area contributed by atoms with Crippen molar-refractivity contribution in [2.75, 3.05) is 0 Å². The fourth-order valence-electron chi connectivity index (χ4n) is 1.60. The third kappa shape index (κ3) is 3.99. The van der Waals surface area contributed by atoms with Gasteiger partial charge >= 0.3 is 0 Å². The summed E-state index contributed by atoms with van der Waals surface area (Å²) in [6.07, 6.45) is 3.17. The van der Waals surface area contributed by atoms with Crippen molar-refractivity contribution in [2.45, 2.75) is 36.6 Å². The molecule has 18 heavy (non-hydrogen) atoms. The second kappa shape index (κ2) is 5.28. The number of hydrogen-bond acceptors (Lipinski definition) is 3. The lowest BCUT2D eigenvalue weighted by atomic mass is 10.1. The Labute approximate surface area is 111 Å². The van der Waals surface area contributed by atoms with Crippen LogP contribution in [0.15, 0.2) is 29.2 Å². The summed E-state index contributed by atoms with van der Waals surface area (Å²) in [7, 11) is 1.55. The van der Waals surface area contributed by atoms with Gasteiger partial charge in [0.15, 0.2) is 0 Å². The van der Waals surface area contributed by atoms with Crippen molar-refractivity contribution >= 4 is 25.6 Å². The molecule has 1 aromatic carbocycles. The maximum atomic E-state index is 11.5. The van der Waals surface area contributed by atoms with E-state index in [0.29, 0.717) is 18.9 Å². The quantitative estimate of drug-likeness (QED) is 0.840. The van der Waals surface area contributed by atoms with Crippen LogP contribution < -0.4 is 5.32 Å². The van der Waals surface area contributed by atoms with Gasteiger partial charge in [0, 0.05) is 23.1 Å². The van der Waals surface area contributed by atoms with Crippen LogP contribution in [0.1, 0.15) is 24.8 Å². The van der Waals surface area contributed by atoms with E-state index in [2.05, 4.69) is 5.32 Å². The average Bonchev–Trinajstić information content (AvgIpc) is 3.10. The third-order valence-corrected chi connectivity index (χ3v) is 4.16. The summed E-state index contributed by atoms with van der Waals surface area (Å²) in [5.74, 6) is 0.0477. The number of rotatable bonds is 5. The van der Waals surface area contributed by atoms with Gasteiger partial charge in [-0.1, -0.05) is 12.1 Å². The van der Waals surface area contributed by atoms with Crippen LogP contribution in [0.2, 0.25) is 0 Å². The number of aryl methyl sites for hydroxylation is 1. The summed E-state index contributed by atoms with van der Waals surface area (Å²) in [6, 6.07) is 6.65. The fraction of sp³-hybridized carbons (Fsp3) is 0.417. The van der Waals surface area contributed by atoms with E-state index in [1.165, 1.54) is 12.1 Å². The molecule has 4 nitrogen and oxygen atoms in total. The van der Waals surface area contributed by atoms with Gasteiger partial charge in [-0.15, -0.1) is 0 Å². The molecule has 0 aliphatic heterocycles. The van der Waals surface area contributed by atoms with Crippen molar-refractivity contribution in [3.8, 4) is 0 Å². The minimum Gasteiger partial charge on any atom is -0.353 e. The van der Waals surface area contributed by atoms with Gasteiger partial charge in [0.2, 0.25) is 5.91 Å². The summed E-state index contributed by atoms with van der Waals surface area (Å²) >= 11 is 0. The number of carbonyl (C=O) groups excluding carboxylic acids is 1. The van der Waals surface area contributed by atoms with Crippen molar-refractivity contribution in [3.05, 3.63) is 29.8 Å². The summed E-state index contributed by atoms with van der Waals surface area (Å²) in [5.41, 5.74) is 0.921. The molecule has 0 saturated heterocycles. The molecule has 2 rings (SSSR count). The molecule has 1 fully saturated rings. The monoisotopic (exact) mass is 287 g/mol. The van der Waals surface area contributed by atoms with Crippen LogP contribution in [0.25, 0.3) is 0 Å². The molecule has 1 aliphatic rings. The van der Waals surface area contributed by atoms with Gasteiger partial charge in [0.1, 0.15) is 0 Å². The van der Waals surface area contributed by atoms with Gasteiger partial charge in [-0.25, -0.2) is 8.42 Å². The van der Waals surface area contributed by atoms with Crippen LogP contribution in [0.4, 0.5) is 0 Å². The van der Waals surface area contributed by atoms with Gasteiger partial charge in [-0.2, -0.15) is 0 Å². The Kier molecular flexibility index (Phi) is 3.92. The minimum atomic E-state index is -3.67. The number of benzene rings is 1. The topological polar surface area (TPSA) is 63.2 Å². The van der Waals surface area contributed by atoms with Crippen molar-refractivity contribution < 1.29 is 13.2 Å². The molecule has 0 bridgehead atoms. The van der Waals surface area contributed by atoms with Crippen molar-refractivity contribution in [1.29, 1.82) is 0 Å². The van der Waals surface area contributed by atoms with E-state index in [0.717, 1.165) is 18.4 Å². The highest BCUT2D eigenvalue weighted by Gasteiger charge is 2.22. The molecular weight excluding hydrogens is 274 g/mol. The SMILES string of the molecule is O=C(CCc1ccc(S(=O)(=O)Cl)cc1)NC1CC1. The molecule has 1 aliphatic carbocycles. The van der Waals surface area contributed by atoms with Crippen molar-refractivity contribution in [1.82, 2.24) is 5.32 Å². The van der Waals surface area contributed by atoms with Gasteiger partial charge in [0.05, 0.1) is 4.90 Å². The predicted octanol–water partition coefficient (Wildman–Crippen LogP) is 1.83. The highest BCUT2D eigenvalue weighted by Crippen LogP contribution is 2.19. The van der Waals surface area contributed by atoms with E-state index in [1.54, 1.807) is 12.1 Å². The first kappa shape index (κ1) is 13.4. The normalized spacial score (nSPS) is 15.4. The van der Waals surface area contributed by atoms with Crippen LogP contribution >= 0.6 is 10.7 Å². The molecular formula is C12H14ClNO3S. The lowest BCUT2D eigenvalue weighted by molar-refractivity contribution is -0.121. The predicted molar refractivity (Wildman–Crippen MR) is 69.0 cm³/mol. The first-order valence-corrected chi connectivity index (χ1v) is 8.09. The van der Waals surface area contributed by atoms with E-state index in [9.17, 15) is 13.2 Å². The van der Waals surface area contributed by atoms with Crippen LogP contribution in [0.5, 0.6) is 0 Å². The average molecular weight is 288 g/mol. The summed E-state index contributed by atoms with van der Waals surface area (Å²) in [6.45, 7) is 0. The Balaban J connectivity index is 1.87. The molecule has 0 unspecified atom stereocenters. The molecule has 0 aromatic heterocycles. The van der Waals surface area contributed by atoms with Gasteiger partial charge in [0.25, 0.3) is 9.05 Å². The fourth-order valence-corrected chi connectivity index (χ4v) is 2.37. The molecule has 1 amide bonds. The second-order valence-electron chi connectivity index (χ2n) is 4.42. The number of amides is 1. The Morgan fingerprint density at radius 1 is 1.28 bits per heavy atom. The zero-order valence-electron chi connectivity index (χ0n) is 9.73. The van der Waals surface area contributed by atoms with E-state index in [-0.39, 0.29) is 10.8 Å². The summed E-state index contributed by atoms with van der Waals surface area (Å²) in [4.78, 5) is 11.5. The van der Waals surface area contributed by atoms with E-state index in [1.807, 2.05) is 0 Å². The zero-order chi connectivity index (χ0) is 13.2. The van der Waals surface area contributed by atoms with Crippen LogP contribution in [0, 0.1) is 0 Å². The highest BCUT2D eigenvalue weighted by atomic mass is 35.7. The Morgan fingerprint density at radius 2 is 1.89 bits per heavy atom. The number of hydrogen-bond donors (Lipinski definition) is 1. The van der Waals surface area contributed by atoms with Gasteiger partial charge in [-0.05, 0) is 37.0 Å². The van der Waals surface area contributed by atoms with E-state index in [4.69, 9.17) is 10.7 Å². The summed E-state index contributed by atoms with van der Waals surface area (Å²) in [5, 5.41) is 2.90. The van der Waals surface area contributed by atoms with E-state index < -0.39 is 9.05 Å². The molecule has 0 atom stereocenters. The van der Waals surface area contributed by atoms with E-state index >= 15 is 0 Å². The van der Waals surface area contributed by atoms with Crippen LogP contribution in [-0.4, -0.2) is 20.4 Å². The molecule has 98 valence electrons. The van der Waals surface area contributed by atoms with Crippen LogP contribution in [-0.2, 0) is 20.3 Å². The molecule has 1 N–H and O–H groups in total. The Morgan fingerprint density at radius 3 is 2.39 bits per heavy atom. The second-order valence-corrected chi connectivity index (χ2v) is 6.99. The van der Waals surface area contributed by atoms with Gasteiger partial charge in [-0.3, -0.25) is 4.79 Å². The number of halogens is 1. The number of carbonyl (C=O) groups is 1. The lowest BCUT2D eigenvalue weighted by Gasteiger charge is -2.04. The van der Waals surface area contributed by atoms with Gasteiger partial charge < -0.3 is 5.32 Å². The summed E-state index contributed by atoms with van der Waals surface area (Å²) < 4.78 is 22.1. The lowest BCUT2D eigenvalue weighted by Crippen LogP contribution is -2.25. The minimum absolute atomic E-state index is 0.0477. The molecule has 6 heteroatoms. The molecule has 1 aromatic rings. The highest BCUT2D eigenvalue weighted by molar-refractivity contribution is 8.13. The largest absolute Gasteiger partial charge is 0.353 e. The van der Waals surface area contributed by atoms with Crippen molar-refractivity contribution in [3.63, 3.8) is 0 Å². The van der Waals surface area contributed by atoms with Crippen LogP contribution in [0.3, 0.4) is 0 Å². The molecule has 0 radical (unpaired) electrons. The smallest absolute Gasteiger partial charge is 0.261 e.